The Morgan fingerprint density at radius 3 is 2.54 bits per heavy atom. The zero-order chi connectivity index (χ0) is 20.7. The summed E-state index contributed by atoms with van der Waals surface area (Å²) in [5.74, 6) is 0.525. The Kier molecular flexibility index (Phi) is 7.20. The molecule has 0 spiro atoms. The number of ether oxygens (including phenoxy) is 2. The Labute approximate surface area is 172 Å². The van der Waals surface area contributed by atoms with Crippen LogP contribution in [0, 0.1) is 22.7 Å². The molecule has 0 aromatic heterocycles. The molecule has 28 heavy (non-hydrogen) atoms. The van der Waals surface area contributed by atoms with E-state index in [1.165, 1.54) is 18.1 Å². The number of likely N-dealkylation sites (N-methyl/N-ethyl adjacent to an activating group) is 1. The van der Waals surface area contributed by atoms with Gasteiger partial charge in [0.2, 0.25) is 0 Å². The molecule has 0 N–H and O–H groups in total. The number of nitriles is 2. The number of hydrogen-bond acceptors (Lipinski definition) is 5. The normalized spacial score (nSPS) is 10.6. The molecule has 0 radical (unpaired) electrons. The molecule has 2 rings (SSSR count). The number of hydrogen-bond donors (Lipinski definition) is 0. The standard InChI is InChI=1S/C21H18BrN3O3/c1-25(2)21(26)17(12-24)8-16-9-19(27-3)20(10-18(16)22)28-13-15-7-5-4-6-14(15)11-23/h4-10H,13H2,1-3H3. The fourth-order valence-corrected chi connectivity index (χ4v) is 2.82. The molecule has 0 unspecified atom stereocenters. The zero-order valence-electron chi connectivity index (χ0n) is 15.7. The van der Waals surface area contributed by atoms with Gasteiger partial charge in [0.05, 0.1) is 18.7 Å². The first kappa shape index (κ1) is 21.0. The molecule has 2 aromatic carbocycles. The van der Waals surface area contributed by atoms with E-state index in [0.717, 1.165) is 5.56 Å². The van der Waals surface area contributed by atoms with Gasteiger partial charge in [0.1, 0.15) is 18.2 Å². The zero-order valence-corrected chi connectivity index (χ0v) is 17.3. The van der Waals surface area contributed by atoms with E-state index < -0.39 is 0 Å². The molecule has 142 valence electrons. The number of halogens is 1. The summed E-state index contributed by atoms with van der Waals surface area (Å²) in [6, 6.07) is 14.6. The van der Waals surface area contributed by atoms with E-state index in [0.29, 0.717) is 27.1 Å². The van der Waals surface area contributed by atoms with Crippen LogP contribution in [0.4, 0.5) is 0 Å². The van der Waals surface area contributed by atoms with Gasteiger partial charge in [0.25, 0.3) is 5.91 Å². The Hall–Kier alpha value is -3.29. The highest BCUT2D eigenvalue weighted by molar-refractivity contribution is 9.10. The summed E-state index contributed by atoms with van der Waals surface area (Å²) in [6.45, 7) is 0.199. The average Bonchev–Trinajstić information content (AvgIpc) is 2.70. The van der Waals surface area contributed by atoms with Gasteiger partial charge >= 0.3 is 0 Å². The van der Waals surface area contributed by atoms with Crippen LogP contribution in [0.5, 0.6) is 11.5 Å². The Morgan fingerprint density at radius 2 is 1.93 bits per heavy atom. The van der Waals surface area contributed by atoms with Crippen LogP contribution in [0.2, 0.25) is 0 Å². The van der Waals surface area contributed by atoms with Gasteiger partial charge in [-0.2, -0.15) is 10.5 Å². The van der Waals surface area contributed by atoms with Gasteiger partial charge in [-0.15, -0.1) is 0 Å². The number of rotatable bonds is 6. The molecule has 0 aliphatic heterocycles. The molecule has 0 aliphatic carbocycles. The second-order valence-electron chi connectivity index (χ2n) is 5.95. The molecule has 0 heterocycles. The Morgan fingerprint density at radius 1 is 1.21 bits per heavy atom. The summed E-state index contributed by atoms with van der Waals surface area (Å²) >= 11 is 3.44. The van der Waals surface area contributed by atoms with Crippen molar-refractivity contribution in [3.05, 3.63) is 63.1 Å². The molecule has 0 aliphatic rings. The van der Waals surface area contributed by atoms with Crippen molar-refractivity contribution >= 4 is 27.9 Å². The number of carbonyl (C=O) groups excluding carboxylic acids is 1. The van der Waals surface area contributed by atoms with E-state index in [1.807, 2.05) is 18.2 Å². The maximum atomic E-state index is 12.1. The fraction of sp³-hybridized carbons (Fsp3) is 0.190. The summed E-state index contributed by atoms with van der Waals surface area (Å²) in [5, 5.41) is 18.5. The Bertz CT molecular complexity index is 1000. The van der Waals surface area contributed by atoms with Gasteiger partial charge in [-0.05, 0) is 29.8 Å². The topological polar surface area (TPSA) is 86.3 Å². The minimum Gasteiger partial charge on any atom is -0.493 e. The van der Waals surface area contributed by atoms with Gasteiger partial charge in [-0.3, -0.25) is 4.79 Å². The van der Waals surface area contributed by atoms with Crippen LogP contribution in [0.3, 0.4) is 0 Å². The maximum absolute atomic E-state index is 12.1. The van der Waals surface area contributed by atoms with Crippen molar-refractivity contribution in [2.75, 3.05) is 21.2 Å². The number of carbonyl (C=O) groups is 1. The highest BCUT2D eigenvalue weighted by atomic mass is 79.9. The van der Waals surface area contributed by atoms with Crippen molar-refractivity contribution in [3.8, 4) is 23.6 Å². The first-order valence-corrected chi connectivity index (χ1v) is 9.02. The lowest BCUT2D eigenvalue weighted by molar-refractivity contribution is -0.124. The SMILES string of the molecule is COc1cc(C=C(C#N)C(=O)N(C)C)c(Br)cc1OCc1ccccc1C#N. The average molecular weight is 440 g/mol. The molecule has 2 aromatic rings. The van der Waals surface area contributed by atoms with Crippen molar-refractivity contribution in [2.45, 2.75) is 6.61 Å². The van der Waals surface area contributed by atoms with Crippen molar-refractivity contribution < 1.29 is 14.3 Å². The van der Waals surface area contributed by atoms with Crippen LogP contribution in [-0.2, 0) is 11.4 Å². The van der Waals surface area contributed by atoms with Crippen LogP contribution in [-0.4, -0.2) is 32.0 Å². The van der Waals surface area contributed by atoms with Gasteiger partial charge in [0, 0.05) is 24.1 Å². The predicted molar refractivity (Wildman–Crippen MR) is 108 cm³/mol. The van der Waals surface area contributed by atoms with Gasteiger partial charge in [-0.1, -0.05) is 34.1 Å². The van der Waals surface area contributed by atoms with E-state index in [1.54, 1.807) is 38.4 Å². The molecule has 0 bridgehead atoms. The van der Waals surface area contributed by atoms with Crippen LogP contribution in [0.25, 0.3) is 6.08 Å². The second kappa shape index (κ2) is 9.59. The smallest absolute Gasteiger partial charge is 0.264 e. The van der Waals surface area contributed by atoms with Crippen molar-refractivity contribution in [1.29, 1.82) is 10.5 Å². The van der Waals surface area contributed by atoms with E-state index in [9.17, 15) is 15.3 Å². The first-order valence-electron chi connectivity index (χ1n) is 8.23. The predicted octanol–water partition coefficient (Wildman–Crippen LogP) is 3.90. The third-order valence-electron chi connectivity index (χ3n) is 3.86. The molecule has 6 nitrogen and oxygen atoms in total. The lowest BCUT2D eigenvalue weighted by atomic mass is 10.1. The van der Waals surface area contributed by atoms with Crippen LogP contribution in [0.15, 0.2) is 46.4 Å². The second-order valence-corrected chi connectivity index (χ2v) is 6.81. The Balaban J connectivity index is 2.35. The molecule has 1 amide bonds. The van der Waals surface area contributed by atoms with Gasteiger partial charge < -0.3 is 14.4 Å². The molecule has 0 atom stereocenters. The van der Waals surface area contributed by atoms with E-state index in [2.05, 4.69) is 22.0 Å². The quantitative estimate of drug-likeness (QED) is 0.502. The third kappa shape index (κ3) is 4.91. The first-order chi connectivity index (χ1) is 13.4. The monoisotopic (exact) mass is 439 g/mol. The minimum atomic E-state index is -0.387. The van der Waals surface area contributed by atoms with Gasteiger partial charge in [0.15, 0.2) is 11.5 Å². The van der Waals surface area contributed by atoms with Crippen molar-refractivity contribution in [2.24, 2.45) is 0 Å². The number of benzene rings is 2. The highest BCUT2D eigenvalue weighted by Crippen LogP contribution is 2.35. The molecule has 0 fully saturated rings. The maximum Gasteiger partial charge on any atom is 0.264 e. The number of methoxy groups -OCH3 is 1. The molecule has 7 heteroatoms. The minimum absolute atomic E-state index is 0.00405. The van der Waals surface area contributed by atoms with Crippen LogP contribution < -0.4 is 9.47 Å². The molecule has 0 saturated carbocycles. The molecular formula is C21H18BrN3O3. The largest absolute Gasteiger partial charge is 0.493 e. The number of nitrogens with zero attached hydrogens (tertiary/aromatic N) is 3. The van der Waals surface area contributed by atoms with E-state index >= 15 is 0 Å². The highest BCUT2D eigenvalue weighted by Gasteiger charge is 2.15. The molecular weight excluding hydrogens is 422 g/mol. The summed E-state index contributed by atoms with van der Waals surface area (Å²) in [7, 11) is 4.67. The van der Waals surface area contributed by atoms with E-state index in [4.69, 9.17) is 9.47 Å². The fourth-order valence-electron chi connectivity index (χ4n) is 2.38. The summed E-state index contributed by atoms with van der Waals surface area (Å²) in [4.78, 5) is 13.4. The molecule has 0 saturated heterocycles. The lowest BCUT2D eigenvalue weighted by Gasteiger charge is -2.14. The van der Waals surface area contributed by atoms with Crippen molar-refractivity contribution in [3.63, 3.8) is 0 Å². The van der Waals surface area contributed by atoms with Crippen molar-refractivity contribution in [1.82, 2.24) is 4.90 Å². The lowest BCUT2D eigenvalue weighted by Crippen LogP contribution is -2.22. The van der Waals surface area contributed by atoms with Gasteiger partial charge in [-0.25, -0.2) is 0 Å². The van der Waals surface area contributed by atoms with Crippen LogP contribution in [0.1, 0.15) is 16.7 Å². The summed E-state index contributed by atoms with van der Waals surface area (Å²) in [6.07, 6.45) is 1.49. The summed E-state index contributed by atoms with van der Waals surface area (Å²) < 4.78 is 11.9. The number of amides is 1. The summed E-state index contributed by atoms with van der Waals surface area (Å²) in [5.41, 5.74) is 1.91. The third-order valence-corrected chi connectivity index (χ3v) is 4.55. The van der Waals surface area contributed by atoms with Crippen LogP contribution >= 0.6 is 15.9 Å². The van der Waals surface area contributed by atoms with E-state index in [-0.39, 0.29) is 18.1 Å².